The molecule has 0 saturated heterocycles. The van der Waals surface area contributed by atoms with Crippen LogP contribution in [0.5, 0.6) is 0 Å². The van der Waals surface area contributed by atoms with Crippen molar-refractivity contribution in [3.63, 3.8) is 0 Å². The Labute approximate surface area is 409 Å². The third-order valence-corrected chi connectivity index (χ3v) is 16.2. The number of aryl methyl sites for hydroxylation is 2. The van der Waals surface area contributed by atoms with Gasteiger partial charge in [0.15, 0.2) is 0 Å². The highest BCUT2D eigenvalue weighted by molar-refractivity contribution is 8.00. The van der Waals surface area contributed by atoms with Crippen LogP contribution in [0.25, 0.3) is 0 Å². The van der Waals surface area contributed by atoms with Crippen molar-refractivity contribution >= 4 is 109 Å². The zero-order chi connectivity index (χ0) is 45.6. The molecule has 68 heavy (non-hydrogen) atoms. The van der Waals surface area contributed by atoms with E-state index in [0.717, 1.165) is 12.8 Å². The lowest BCUT2D eigenvalue weighted by atomic mass is 9.31. The first kappa shape index (κ1) is 43.0. The van der Waals surface area contributed by atoms with E-state index in [-0.39, 0.29) is 13.4 Å². The van der Waals surface area contributed by atoms with Crippen molar-refractivity contribution in [2.45, 2.75) is 101 Å². The molecule has 12 rings (SSSR count). The molecular weight excluding hydrogens is 840 g/mol. The molecule has 8 aromatic carbocycles. The molecule has 8 aromatic rings. The van der Waals surface area contributed by atoms with E-state index < -0.39 is 0 Å². The van der Waals surface area contributed by atoms with E-state index in [1.807, 2.05) is 11.8 Å². The average molecular weight is 900 g/mol. The molecule has 0 amide bonds. The first-order valence-electron chi connectivity index (χ1n) is 25.6. The Morgan fingerprint density at radius 1 is 0.338 bits per heavy atom. The Kier molecular flexibility index (Phi) is 11.8. The highest BCUT2D eigenvalue weighted by Gasteiger charge is 2.47. The van der Waals surface area contributed by atoms with Crippen LogP contribution in [0.4, 0.5) is 51.2 Å². The highest BCUT2D eigenvalue weighted by Crippen LogP contribution is 2.48. The standard InChI is InChI=1S/C62H59B2N3S/c1-3-5-7-9-14-26-44-38-56-61-57(39-44)67(48-32-20-13-21-33-48)55-43-59-52(42-51(55)63(61)49-34-22-24-36-53(49)65(56)46-28-16-11-17-29-46)64-50-35-23-25-37-54(50)66(47-30-18-12-19-31-47)58-40-45(27-15-10-8-6-4-2)41-60(68-59)62(58)64/h11-13,16-25,28-43H,3-10,14-15,26-27H2,1-2H3. The minimum Gasteiger partial charge on any atom is -0.311 e. The van der Waals surface area contributed by atoms with E-state index in [1.54, 1.807) is 0 Å². The molecule has 0 atom stereocenters. The molecule has 0 bridgehead atoms. The molecule has 0 fully saturated rings. The second-order valence-corrected chi connectivity index (χ2v) is 20.5. The van der Waals surface area contributed by atoms with Gasteiger partial charge in [0.05, 0.1) is 0 Å². The molecule has 0 spiro atoms. The lowest BCUT2D eigenvalue weighted by Crippen LogP contribution is -2.64. The maximum Gasteiger partial charge on any atom is 0.252 e. The zero-order valence-corrected chi connectivity index (χ0v) is 40.4. The quantitative estimate of drug-likeness (QED) is 0.0749. The van der Waals surface area contributed by atoms with Crippen LogP contribution in [-0.4, -0.2) is 13.4 Å². The van der Waals surface area contributed by atoms with Crippen LogP contribution in [0.15, 0.2) is 186 Å². The number of anilines is 9. The van der Waals surface area contributed by atoms with Crippen LogP contribution >= 0.6 is 11.8 Å². The minimum absolute atomic E-state index is 0.0515. The van der Waals surface area contributed by atoms with Crippen LogP contribution in [-0.2, 0) is 12.8 Å². The minimum atomic E-state index is 0.0515. The Hall–Kier alpha value is -6.36. The van der Waals surface area contributed by atoms with E-state index in [4.69, 9.17) is 0 Å². The molecule has 0 radical (unpaired) electrons. The number of fused-ring (bicyclic) bond motifs is 8. The van der Waals surface area contributed by atoms with E-state index >= 15 is 0 Å². The molecule has 4 aliphatic heterocycles. The molecule has 4 heterocycles. The summed E-state index contributed by atoms with van der Waals surface area (Å²) in [5.74, 6) is 0. The fourth-order valence-electron chi connectivity index (χ4n) is 12.0. The largest absolute Gasteiger partial charge is 0.311 e. The predicted molar refractivity (Wildman–Crippen MR) is 295 cm³/mol. The first-order chi connectivity index (χ1) is 33.7. The summed E-state index contributed by atoms with van der Waals surface area (Å²) in [5.41, 5.74) is 22.6. The molecule has 0 aliphatic carbocycles. The molecule has 0 unspecified atom stereocenters. The van der Waals surface area contributed by atoms with Gasteiger partial charge in [-0.1, -0.05) is 180 Å². The summed E-state index contributed by atoms with van der Waals surface area (Å²) < 4.78 is 0. The second kappa shape index (κ2) is 18.6. The van der Waals surface area contributed by atoms with Gasteiger partial charge in [-0.15, -0.1) is 0 Å². The molecule has 0 N–H and O–H groups in total. The van der Waals surface area contributed by atoms with Crippen molar-refractivity contribution in [3.05, 3.63) is 187 Å². The lowest BCUT2D eigenvalue weighted by molar-refractivity contribution is 0.632. The Morgan fingerprint density at radius 3 is 1.28 bits per heavy atom. The van der Waals surface area contributed by atoms with Crippen molar-refractivity contribution in [2.75, 3.05) is 14.7 Å². The number of para-hydroxylation sites is 5. The monoisotopic (exact) mass is 899 g/mol. The zero-order valence-electron chi connectivity index (χ0n) is 39.6. The topological polar surface area (TPSA) is 9.72 Å². The number of unbranched alkanes of at least 4 members (excludes halogenated alkanes) is 8. The molecule has 3 nitrogen and oxygen atoms in total. The van der Waals surface area contributed by atoms with Gasteiger partial charge in [0.25, 0.3) is 6.71 Å². The smallest absolute Gasteiger partial charge is 0.252 e. The van der Waals surface area contributed by atoms with Crippen LogP contribution in [0.2, 0.25) is 0 Å². The van der Waals surface area contributed by atoms with Crippen LogP contribution < -0.4 is 47.5 Å². The summed E-state index contributed by atoms with van der Waals surface area (Å²) in [6, 6.07) is 67.4. The van der Waals surface area contributed by atoms with Gasteiger partial charge < -0.3 is 14.7 Å². The van der Waals surface area contributed by atoms with Gasteiger partial charge in [0.1, 0.15) is 0 Å². The third-order valence-electron chi connectivity index (χ3n) is 15.1. The molecule has 4 aliphatic rings. The summed E-state index contributed by atoms with van der Waals surface area (Å²) in [6.45, 7) is 4.76. The Morgan fingerprint density at radius 2 is 0.765 bits per heavy atom. The number of hydrogen-bond donors (Lipinski definition) is 0. The van der Waals surface area contributed by atoms with Gasteiger partial charge in [0, 0.05) is 61.0 Å². The summed E-state index contributed by atoms with van der Waals surface area (Å²) in [4.78, 5) is 10.5. The highest BCUT2D eigenvalue weighted by atomic mass is 32.2. The van der Waals surface area contributed by atoms with Crippen molar-refractivity contribution in [1.82, 2.24) is 0 Å². The van der Waals surface area contributed by atoms with Crippen molar-refractivity contribution in [3.8, 4) is 0 Å². The molecular formula is C62H59B2N3S. The molecule has 0 aromatic heterocycles. The van der Waals surface area contributed by atoms with Gasteiger partial charge in [-0.2, -0.15) is 0 Å². The van der Waals surface area contributed by atoms with Gasteiger partial charge in [0.2, 0.25) is 6.71 Å². The molecule has 334 valence electrons. The SMILES string of the molecule is CCCCCCCc1cc2c3c(c1)N(c1ccccc1)c1ccccc1B3c1cc3c(cc1S2)N(c1ccccc1)c1cc(CCCCCCC)cc2c1B3c1ccccc1N2c1ccccc1. The normalized spacial score (nSPS) is 13.6. The summed E-state index contributed by atoms with van der Waals surface area (Å²) >= 11 is 2.00. The van der Waals surface area contributed by atoms with Crippen LogP contribution in [0, 0.1) is 0 Å². The lowest BCUT2D eigenvalue weighted by Gasteiger charge is -2.45. The van der Waals surface area contributed by atoms with Gasteiger partial charge in [-0.25, -0.2) is 0 Å². The number of hydrogen-bond acceptors (Lipinski definition) is 4. The fourth-order valence-corrected chi connectivity index (χ4v) is 13.2. The first-order valence-corrected chi connectivity index (χ1v) is 26.4. The Bertz CT molecular complexity index is 3120. The Balaban J connectivity index is 1.09. The van der Waals surface area contributed by atoms with Crippen LogP contribution in [0.1, 0.15) is 89.2 Å². The number of nitrogens with zero attached hydrogens (tertiary/aromatic N) is 3. The fraction of sp³-hybridized carbons (Fsp3) is 0.226. The van der Waals surface area contributed by atoms with Crippen molar-refractivity contribution < 1.29 is 0 Å². The molecule has 0 saturated carbocycles. The van der Waals surface area contributed by atoms with Gasteiger partial charge in [-0.05, 0) is 143 Å². The van der Waals surface area contributed by atoms with Gasteiger partial charge >= 0.3 is 0 Å². The van der Waals surface area contributed by atoms with Crippen molar-refractivity contribution in [1.29, 1.82) is 0 Å². The van der Waals surface area contributed by atoms with E-state index in [0.29, 0.717) is 0 Å². The van der Waals surface area contributed by atoms with Gasteiger partial charge in [-0.3, -0.25) is 0 Å². The molecule has 6 heteroatoms. The second-order valence-electron chi connectivity index (χ2n) is 19.5. The van der Waals surface area contributed by atoms with E-state index in [9.17, 15) is 0 Å². The average Bonchev–Trinajstić information content (AvgIpc) is 3.38. The number of rotatable bonds is 15. The van der Waals surface area contributed by atoms with Crippen LogP contribution in [0.3, 0.4) is 0 Å². The number of benzene rings is 8. The predicted octanol–water partition coefficient (Wildman–Crippen LogP) is 13.6. The summed E-state index contributed by atoms with van der Waals surface area (Å²) in [6.07, 6.45) is 14.9. The maximum absolute atomic E-state index is 2.66. The van der Waals surface area contributed by atoms with Crippen molar-refractivity contribution in [2.24, 2.45) is 0 Å². The third kappa shape index (κ3) is 7.47. The van der Waals surface area contributed by atoms with E-state index in [1.165, 1.54) is 169 Å². The summed E-state index contributed by atoms with van der Waals surface area (Å²) in [7, 11) is 0. The van der Waals surface area contributed by atoms with E-state index in [2.05, 4.69) is 204 Å². The summed E-state index contributed by atoms with van der Waals surface area (Å²) in [5, 5.41) is 0. The maximum atomic E-state index is 2.66.